The van der Waals surface area contributed by atoms with E-state index in [4.69, 9.17) is 5.11 Å². The highest BCUT2D eigenvalue weighted by Gasteiger charge is 2.19. The maximum Gasteiger partial charge on any atom is 0.338 e. The van der Waals surface area contributed by atoms with E-state index in [1.807, 2.05) is 0 Å². The SMILES string of the molecule is O=C(O)c1cc(S(=O)(=O)Nc2ccc(-n3cccn3)nc2)ccc1F. The highest BCUT2D eigenvalue weighted by atomic mass is 32.2. The Bertz CT molecular complexity index is 1020. The summed E-state index contributed by atoms with van der Waals surface area (Å²) >= 11 is 0. The number of sulfonamides is 1. The molecule has 0 bridgehead atoms. The molecule has 0 atom stereocenters. The van der Waals surface area contributed by atoms with Crippen LogP contribution in [0.3, 0.4) is 0 Å². The van der Waals surface area contributed by atoms with Crippen LogP contribution < -0.4 is 4.72 Å². The molecule has 128 valence electrons. The van der Waals surface area contributed by atoms with E-state index in [1.165, 1.54) is 16.9 Å². The van der Waals surface area contributed by atoms with Gasteiger partial charge in [0.15, 0.2) is 5.82 Å². The molecular weight excluding hydrogens is 351 g/mol. The lowest BCUT2D eigenvalue weighted by Crippen LogP contribution is -2.14. The van der Waals surface area contributed by atoms with Gasteiger partial charge in [0.1, 0.15) is 5.82 Å². The Morgan fingerprint density at radius 1 is 1.24 bits per heavy atom. The van der Waals surface area contributed by atoms with Crippen LogP contribution in [0, 0.1) is 5.82 Å². The van der Waals surface area contributed by atoms with E-state index in [9.17, 15) is 17.6 Å². The van der Waals surface area contributed by atoms with Gasteiger partial charge in [-0.05, 0) is 36.4 Å². The fourth-order valence-corrected chi connectivity index (χ4v) is 3.10. The number of nitrogens with one attached hydrogen (secondary N) is 1. The Kier molecular flexibility index (Phi) is 4.19. The van der Waals surface area contributed by atoms with Crippen molar-refractivity contribution < 1.29 is 22.7 Å². The minimum Gasteiger partial charge on any atom is -0.478 e. The Balaban J connectivity index is 1.86. The molecule has 0 fully saturated rings. The number of pyridine rings is 1. The fourth-order valence-electron chi connectivity index (χ4n) is 2.04. The molecule has 2 aromatic heterocycles. The number of rotatable bonds is 5. The molecule has 0 saturated heterocycles. The maximum absolute atomic E-state index is 13.4. The Hall–Kier alpha value is -3.27. The summed E-state index contributed by atoms with van der Waals surface area (Å²) in [5.74, 6) is -2.08. The number of hydrogen-bond acceptors (Lipinski definition) is 5. The summed E-state index contributed by atoms with van der Waals surface area (Å²) in [7, 11) is -4.10. The third-order valence-electron chi connectivity index (χ3n) is 3.22. The van der Waals surface area contributed by atoms with E-state index in [1.54, 1.807) is 24.5 Å². The summed E-state index contributed by atoms with van der Waals surface area (Å²) in [5.41, 5.74) is -0.563. The summed E-state index contributed by atoms with van der Waals surface area (Å²) in [4.78, 5) is 14.6. The highest BCUT2D eigenvalue weighted by Crippen LogP contribution is 2.19. The molecule has 0 aliphatic carbocycles. The molecule has 3 rings (SSSR count). The summed E-state index contributed by atoms with van der Waals surface area (Å²) in [6, 6.07) is 7.27. The predicted octanol–water partition coefficient (Wildman–Crippen LogP) is 1.91. The van der Waals surface area contributed by atoms with Crippen molar-refractivity contribution >= 4 is 21.7 Å². The number of carboxylic acid groups (broad SMARTS) is 1. The first-order chi connectivity index (χ1) is 11.9. The van der Waals surface area contributed by atoms with Crippen LogP contribution in [-0.4, -0.2) is 34.3 Å². The molecule has 2 heterocycles. The van der Waals surface area contributed by atoms with E-state index in [0.29, 0.717) is 5.82 Å². The van der Waals surface area contributed by atoms with Crippen LogP contribution in [0.5, 0.6) is 0 Å². The molecule has 0 spiro atoms. The lowest BCUT2D eigenvalue weighted by atomic mass is 10.2. The zero-order valence-corrected chi connectivity index (χ0v) is 13.3. The lowest BCUT2D eigenvalue weighted by Gasteiger charge is -2.09. The average Bonchev–Trinajstić information content (AvgIpc) is 3.09. The quantitative estimate of drug-likeness (QED) is 0.716. The lowest BCUT2D eigenvalue weighted by molar-refractivity contribution is 0.0691. The summed E-state index contributed by atoms with van der Waals surface area (Å²) < 4.78 is 41.8. The van der Waals surface area contributed by atoms with Crippen molar-refractivity contribution in [3.8, 4) is 5.82 Å². The van der Waals surface area contributed by atoms with Gasteiger partial charge < -0.3 is 5.11 Å². The molecule has 1 aromatic carbocycles. The molecule has 3 aromatic rings. The molecule has 0 radical (unpaired) electrons. The smallest absolute Gasteiger partial charge is 0.338 e. The molecule has 25 heavy (non-hydrogen) atoms. The molecule has 0 aliphatic rings. The summed E-state index contributed by atoms with van der Waals surface area (Å²) in [5, 5.41) is 12.9. The number of hydrogen-bond donors (Lipinski definition) is 2. The molecule has 10 heteroatoms. The topological polar surface area (TPSA) is 114 Å². The van der Waals surface area contributed by atoms with E-state index in [-0.39, 0.29) is 10.6 Å². The van der Waals surface area contributed by atoms with E-state index in [0.717, 1.165) is 18.2 Å². The van der Waals surface area contributed by atoms with Crippen LogP contribution in [-0.2, 0) is 10.0 Å². The van der Waals surface area contributed by atoms with E-state index >= 15 is 0 Å². The number of anilines is 1. The number of benzene rings is 1. The number of carbonyl (C=O) groups is 1. The van der Waals surface area contributed by atoms with Gasteiger partial charge in [0.2, 0.25) is 0 Å². The van der Waals surface area contributed by atoms with Crippen molar-refractivity contribution in [2.24, 2.45) is 0 Å². The largest absolute Gasteiger partial charge is 0.478 e. The van der Waals surface area contributed by atoms with Crippen molar-refractivity contribution in [1.82, 2.24) is 14.8 Å². The minimum absolute atomic E-state index is 0.164. The van der Waals surface area contributed by atoms with Crippen LogP contribution in [0.15, 0.2) is 59.9 Å². The summed E-state index contributed by atoms with van der Waals surface area (Å²) in [6.07, 6.45) is 4.54. The summed E-state index contributed by atoms with van der Waals surface area (Å²) in [6.45, 7) is 0. The van der Waals surface area contributed by atoms with Gasteiger partial charge in [-0.3, -0.25) is 4.72 Å². The first-order valence-electron chi connectivity index (χ1n) is 6.88. The van der Waals surface area contributed by atoms with Crippen LogP contribution in [0.2, 0.25) is 0 Å². The molecule has 0 unspecified atom stereocenters. The number of aromatic carboxylic acids is 1. The van der Waals surface area contributed by atoms with Crippen LogP contribution in [0.25, 0.3) is 5.82 Å². The molecular formula is C15H11FN4O4S. The van der Waals surface area contributed by atoms with Gasteiger partial charge in [0.05, 0.1) is 22.3 Å². The van der Waals surface area contributed by atoms with Crippen molar-refractivity contribution in [3.05, 3.63) is 66.4 Å². The van der Waals surface area contributed by atoms with Gasteiger partial charge in [-0.1, -0.05) is 0 Å². The van der Waals surface area contributed by atoms with Gasteiger partial charge in [0, 0.05) is 12.4 Å². The fraction of sp³-hybridized carbons (Fsp3) is 0. The van der Waals surface area contributed by atoms with Crippen LogP contribution >= 0.6 is 0 Å². The molecule has 0 aliphatic heterocycles. The minimum atomic E-state index is -4.10. The van der Waals surface area contributed by atoms with Gasteiger partial charge in [-0.15, -0.1) is 0 Å². The average molecular weight is 362 g/mol. The molecule has 0 saturated carbocycles. The highest BCUT2D eigenvalue weighted by molar-refractivity contribution is 7.92. The maximum atomic E-state index is 13.4. The molecule has 0 amide bonds. The van der Waals surface area contributed by atoms with E-state index in [2.05, 4.69) is 14.8 Å². The molecule has 8 nitrogen and oxygen atoms in total. The second kappa shape index (κ2) is 6.32. The number of halogens is 1. The number of aromatic nitrogens is 3. The number of nitrogens with zero attached hydrogens (tertiary/aromatic N) is 3. The predicted molar refractivity (Wildman–Crippen MR) is 85.5 cm³/mol. The first kappa shape index (κ1) is 16.6. The van der Waals surface area contributed by atoms with Crippen molar-refractivity contribution in [2.75, 3.05) is 4.72 Å². The van der Waals surface area contributed by atoms with Crippen molar-refractivity contribution in [1.29, 1.82) is 0 Å². The second-order valence-electron chi connectivity index (χ2n) is 4.91. The monoisotopic (exact) mass is 362 g/mol. The standard InChI is InChI=1S/C15H11FN4O4S/c16-13-4-3-11(8-12(13)15(21)22)25(23,24)19-10-2-5-14(17-9-10)20-7-1-6-18-20/h1-9,19H,(H,21,22). The van der Waals surface area contributed by atoms with Gasteiger partial charge in [-0.2, -0.15) is 5.10 Å². The zero-order valence-electron chi connectivity index (χ0n) is 12.5. The zero-order chi connectivity index (χ0) is 18.0. The molecule has 2 N–H and O–H groups in total. The first-order valence-corrected chi connectivity index (χ1v) is 8.37. The normalized spacial score (nSPS) is 11.2. The number of carboxylic acids is 1. The Labute approximate surface area is 141 Å². The van der Waals surface area contributed by atoms with Crippen LogP contribution in [0.1, 0.15) is 10.4 Å². The van der Waals surface area contributed by atoms with E-state index < -0.39 is 27.4 Å². The van der Waals surface area contributed by atoms with Crippen molar-refractivity contribution in [3.63, 3.8) is 0 Å². The van der Waals surface area contributed by atoms with Gasteiger partial charge in [-0.25, -0.2) is 27.3 Å². The third kappa shape index (κ3) is 3.48. The second-order valence-corrected chi connectivity index (χ2v) is 6.59. The Morgan fingerprint density at radius 3 is 2.64 bits per heavy atom. The van der Waals surface area contributed by atoms with Gasteiger partial charge in [0.25, 0.3) is 10.0 Å². The van der Waals surface area contributed by atoms with Crippen LogP contribution in [0.4, 0.5) is 10.1 Å². The van der Waals surface area contributed by atoms with Crippen molar-refractivity contribution in [2.45, 2.75) is 4.90 Å². The third-order valence-corrected chi connectivity index (χ3v) is 4.60. The van der Waals surface area contributed by atoms with Gasteiger partial charge >= 0.3 is 5.97 Å². The Morgan fingerprint density at radius 2 is 2.04 bits per heavy atom.